The Kier molecular flexibility index (Phi) is 3.89. The summed E-state index contributed by atoms with van der Waals surface area (Å²) in [5, 5.41) is 26.6. The van der Waals surface area contributed by atoms with Crippen molar-refractivity contribution in [2.75, 3.05) is 0 Å². The molecule has 2 aromatic rings. The van der Waals surface area contributed by atoms with E-state index in [9.17, 15) is 10.1 Å². The molecule has 23 heavy (non-hydrogen) atoms. The van der Waals surface area contributed by atoms with E-state index in [0.29, 0.717) is 5.56 Å². The lowest BCUT2D eigenvalue weighted by Gasteiger charge is -2.35. The molecule has 0 saturated heterocycles. The number of carbonyl (C=O) groups excluding carboxylic acids is 1. The van der Waals surface area contributed by atoms with Gasteiger partial charge >= 0.3 is 0 Å². The Morgan fingerprint density at radius 2 is 1.61 bits per heavy atom. The Bertz CT molecular complexity index is 727. The van der Waals surface area contributed by atoms with E-state index in [-0.39, 0.29) is 35.0 Å². The van der Waals surface area contributed by atoms with Gasteiger partial charge in [0, 0.05) is 11.6 Å². The molecule has 0 saturated carbocycles. The molecule has 1 heterocycles. The Morgan fingerprint density at radius 1 is 0.957 bits per heavy atom. The van der Waals surface area contributed by atoms with Crippen LogP contribution in [0.25, 0.3) is 0 Å². The number of carbonyl (C=O) groups is 1. The van der Waals surface area contributed by atoms with E-state index in [4.69, 9.17) is 15.3 Å². The summed E-state index contributed by atoms with van der Waals surface area (Å²) in [4.78, 5) is 25.0. The predicted molar refractivity (Wildman–Crippen MR) is 74.4 cm³/mol. The van der Waals surface area contributed by atoms with Crippen molar-refractivity contribution in [2.24, 2.45) is 0 Å². The third kappa shape index (κ3) is 2.60. The van der Waals surface area contributed by atoms with Gasteiger partial charge in [0.2, 0.25) is 0 Å². The molecule has 1 aliphatic heterocycles. The van der Waals surface area contributed by atoms with Crippen LogP contribution in [0.5, 0.6) is 17.2 Å². The molecule has 2 aromatic carbocycles. The first-order chi connectivity index (χ1) is 11.1. The monoisotopic (exact) mass is 320 g/mol. The highest BCUT2D eigenvalue weighted by atomic mass is 17.1. The van der Waals surface area contributed by atoms with Gasteiger partial charge in [-0.25, -0.2) is 15.8 Å². The van der Waals surface area contributed by atoms with E-state index in [1.807, 2.05) is 0 Å². The second kappa shape index (κ2) is 5.86. The number of rotatable bonds is 4. The summed E-state index contributed by atoms with van der Waals surface area (Å²) in [5.74, 6) is -1.77. The second-order valence-corrected chi connectivity index (χ2v) is 4.91. The smallest absolute Gasteiger partial charge is 0.273 e. The molecule has 0 spiro atoms. The van der Waals surface area contributed by atoms with Gasteiger partial charge in [0.05, 0.1) is 12.0 Å². The third-order valence-electron chi connectivity index (χ3n) is 3.57. The minimum Gasteiger partial charge on any atom is -0.454 e. The van der Waals surface area contributed by atoms with Crippen molar-refractivity contribution in [1.82, 2.24) is 0 Å². The van der Waals surface area contributed by atoms with E-state index in [0.717, 1.165) is 0 Å². The first-order valence-corrected chi connectivity index (χ1v) is 6.54. The SMILES string of the molecule is O=C1CC(OO)(c2ccc(OO)cc2)Oc2cc(OO)ccc21. The third-order valence-corrected chi connectivity index (χ3v) is 3.57. The van der Waals surface area contributed by atoms with Gasteiger partial charge in [-0.1, -0.05) is 0 Å². The number of ether oxygens (including phenoxy) is 1. The maximum atomic E-state index is 12.3. The van der Waals surface area contributed by atoms with E-state index >= 15 is 0 Å². The Labute approximate surface area is 129 Å². The molecule has 0 aliphatic carbocycles. The zero-order chi connectivity index (χ0) is 16.4. The van der Waals surface area contributed by atoms with Gasteiger partial charge in [-0.2, -0.15) is 4.89 Å². The Morgan fingerprint density at radius 3 is 2.22 bits per heavy atom. The van der Waals surface area contributed by atoms with Crippen molar-refractivity contribution in [1.29, 1.82) is 0 Å². The highest BCUT2D eigenvalue weighted by molar-refractivity contribution is 6.00. The number of Topliss-reactive ketones (excluding diaryl/α,β-unsaturated/α-hetero) is 1. The van der Waals surface area contributed by atoms with Crippen molar-refractivity contribution in [2.45, 2.75) is 12.2 Å². The van der Waals surface area contributed by atoms with Gasteiger partial charge in [-0.3, -0.25) is 4.79 Å². The summed E-state index contributed by atoms with van der Waals surface area (Å²) in [6.45, 7) is 0. The zero-order valence-electron chi connectivity index (χ0n) is 11.6. The van der Waals surface area contributed by atoms with Gasteiger partial charge in [0.15, 0.2) is 17.3 Å². The lowest BCUT2D eigenvalue weighted by molar-refractivity contribution is -0.389. The molecule has 3 N–H and O–H groups in total. The summed E-state index contributed by atoms with van der Waals surface area (Å²) in [6.07, 6.45) is -0.269. The average molecular weight is 320 g/mol. The number of benzene rings is 2. The maximum Gasteiger partial charge on any atom is 0.273 e. The summed E-state index contributed by atoms with van der Waals surface area (Å²) in [5.41, 5.74) is 0.601. The van der Waals surface area contributed by atoms with Crippen LogP contribution in [0.3, 0.4) is 0 Å². The van der Waals surface area contributed by atoms with Crippen molar-refractivity contribution in [3.05, 3.63) is 53.6 Å². The van der Waals surface area contributed by atoms with Gasteiger partial charge in [-0.05, 0) is 36.4 Å². The van der Waals surface area contributed by atoms with Gasteiger partial charge < -0.3 is 14.5 Å². The minimum atomic E-state index is -1.76. The van der Waals surface area contributed by atoms with E-state index in [2.05, 4.69) is 14.7 Å². The molecule has 3 rings (SSSR count). The number of hydrogen-bond acceptors (Lipinski definition) is 8. The van der Waals surface area contributed by atoms with Gasteiger partial charge in [0.1, 0.15) is 5.75 Å². The van der Waals surface area contributed by atoms with Crippen molar-refractivity contribution >= 4 is 5.78 Å². The topological polar surface area (TPSA) is 115 Å². The van der Waals surface area contributed by atoms with Crippen molar-refractivity contribution in [3.8, 4) is 17.2 Å². The zero-order valence-corrected chi connectivity index (χ0v) is 11.6. The molecule has 0 radical (unpaired) electrons. The van der Waals surface area contributed by atoms with E-state index in [1.165, 1.54) is 42.5 Å². The minimum absolute atomic E-state index is 0.0642. The van der Waals surface area contributed by atoms with Gasteiger partial charge in [0.25, 0.3) is 5.79 Å². The fraction of sp³-hybridized carbons (Fsp3) is 0.133. The highest BCUT2D eigenvalue weighted by Crippen LogP contribution is 2.41. The number of fused-ring (bicyclic) bond motifs is 1. The quantitative estimate of drug-likeness (QED) is 0.582. The lowest BCUT2D eigenvalue weighted by Crippen LogP contribution is -2.41. The summed E-state index contributed by atoms with van der Waals surface area (Å²) >= 11 is 0. The van der Waals surface area contributed by atoms with Crippen LogP contribution in [0, 0.1) is 0 Å². The molecule has 1 atom stereocenters. The van der Waals surface area contributed by atoms with Crippen LogP contribution in [0.1, 0.15) is 22.3 Å². The molecule has 8 heteroatoms. The van der Waals surface area contributed by atoms with Crippen LogP contribution in [0.2, 0.25) is 0 Å². The first kappa shape index (κ1) is 15.3. The molecule has 0 amide bonds. The van der Waals surface area contributed by atoms with Crippen LogP contribution in [0.15, 0.2) is 42.5 Å². The fourth-order valence-corrected chi connectivity index (χ4v) is 2.43. The molecular weight excluding hydrogens is 308 g/mol. The van der Waals surface area contributed by atoms with Crippen LogP contribution >= 0.6 is 0 Å². The lowest BCUT2D eigenvalue weighted by atomic mass is 9.93. The predicted octanol–water partition coefficient (Wildman–Crippen LogP) is 2.70. The molecular formula is C15H12O8. The molecule has 1 aliphatic rings. The van der Waals surface area contributed by atoms with E-state index in [1.54, 1.807) is 0 Å². The Balaban J connectivity index is 2.04. The maximum absolute atomic E-state index is 12.3. The molecule has 0 bridgehead atoms. The fourth-order valence-electron chi connectivity index (χ4n) is 2.43. The standard InChI is InChI=1S/C15H12O8/c16-13-8-15(23-19,9-1-3-10(21-17)4-2-9)20-14-7-11(22-18)5-6-12(13)14/h1-7,17-19H,8H2. The molecule has 120 valence electrons. The Hall–Kier alpha value is -2.65. The largest absolute Gasteiger partial charge is 0.454 e. The highest BCUT2D eigenvalue weighted by Gasteiger charge is 2.44. The second-order valence-electron chi connectivity index (χ2n) is 4.91. The van der Waals surface area contributed by atoms with Crippen LogP contribution in [0.4, 0.5) is 0 Å². The summed E-state index contributed by atoms with van der Waals surface area (Å²) in [6, 6.07) is 9.89. The van der Waals surface area contributed by atoms with E-state index < -0.39 is 5.79 Å². The first-order valence-electron chi connectivity index (χ1n) is 6.54. The van der Waals surface area contributed by atoms with Gasteiger partial charge in [-0.15, -0.1) is 0 Å². The van der Waals surface area contributed by atoms with Crippen molar-refractivity contribution < 1.29 is 40.0 Å². The van der Waals surface area contributed by atoms with Crippen LogP contribution in [-0.2, 0) is 10.7 Å². The molecule has 1 unspecified atom stereocenters. The normalized spacial score (nSPS) is 19.7. The van der Waals surface area contributed by atoms with Crippen LogP contribution in [-0.4, -0.2) is 21.6 Å². The van der Waals surface area contributed by atoms with Crippen molar-refractivity contribution in [3.63, 3.8) is 0 Å². The molecule has 0 fully saturated rings. The summed E-state index contributed by atoms with van der Waals surface area (Å²) in [7, 11) is 0. The summed E-state index contributed by atoms with van der Waals surface area (Å²) < 4.78 is 5.65. The average Bonchev–Trinajstić information content (AvgIpc) is 2.61. The van der Waals surface area contributed by atoms with Crippen LogP contribution < -0.4 is 14.5 Å². The number of ketones is 1. The number of hydrogen-bond donors (Lipinski definition) is 3. The molecule has 0 aromatic heterocycles. The molecule has 8 nitrogen and oxygen atoms in total.